The van der Waals surface area contributed by atoms with E-state index in [1.54, 1.807) is 11.4 Å². The molecule has 2 rings (SSSR count). The zero-order valence-electron chi connectivity index (χ0n) is 9.49. The van der Waals surface area contributed by atoms with Crippen LogP contribution in [-0.2, 0) is 4.74 Å². The molecule has 88 valence electrons. The van der Waals surface area contributed by atoms with Crippen LogP contribution >= 0.6 is 11.3 Å². The van der Waals surface area contributed by atoms with Crippen LogP contribution in [0.4, 0.5) is 4.39 Å². The quantitative estimate of drug-likeness (QED) is 0.760. The molecule has 0 saturated carbocycles. The van der Waals surface area contributed by atoms with Crippen molar-refractivity contribution in [2.24, 2.45) is 0 Å². The molecule has 0 bridgehead atoms. The molecule has 1 aromatic heterocycles. The van der Waals surface area contributed by atoms with Gasteiger partial charge in [0.2, 0.25) is 0 Å². The summed E-state index contributed by atoms with van der Waals surface area (Å²) in [6, 6.07) is 6.33. The van der Waals surface area contributed by atoms with Crippen LogP contribution in [0.5, 0.6) is 0 Å². The monoisotopic (exact) mass is 250 g/mol. The molecule has 0 atom stereocenters. The van der Waals surface area contributed by atoms with Gasteiger partial charge in [0, 0.05) is 10.3 Å². The van der Waals surface area contributed by atoms with Crippen LogP contribution in [0.2, 0.25) is 0 Å². The highest BCUT2D eigenvalue weighted by Crippen LogP contribution is 2.32. The summed E-state index contributed by atoms with van der Waals surface area (Å²) in [6.45, 7) is 1.84. The highest BCUT2D eigenvalue weighted by Gasteiger charge is 2.15. The van der Waals surface area contributed by atoms with Gasteiger partial charge in [0.15, 0.2) is 0 Å². The number of thiophene rings is 1. The van der Waals surface area contributed by atoms with Crippen molar-refractivity contribution in [3.8, 4) is 10.4 Å². The average molecular weight is 250 g/mol. The zero-order valence-corrected chi connectivity index (χ0v) is 10.3. The van der Waals surface area contributed by atoms with Gasteiger partial charge in [-0.2, -0.15) is 0 Å². The largest absolute Gasteiger partial charge is 0.465 e. The Balaban J connectivity index is 2.48. The second-order valence-corrected chi connectivity index (χ2v) is 4.49. The van der Waals surface area contributed by atoms with Gasteiger partial charge in [0.05, 0.1) is 12.7 Å². The van der Waals surface area contributed by atoms with E-state index < -0.39 is 0 Å². The Labute approximate surface area is 103 Å². The third kappa shape index (κ3) is 2.22. The first-order valence-corrected chi connectivity index (χ1v) is 5.94. The second-order valence-electron chi connectivity index (χ2n) is 3.61. The Kier molecular flexibility index (Phi) is 3.24. The van der Waals surface area contributed by atoms with Crippen molar-refractivity contribution in [1.82, 2.24) is 0 Å². The molecule has 0 aliphatic rings. The number of ether oxygens (including phenoxy) is 1. The molecule has 2 aromatic rings. The van der Waals surface area contributed by atoms with Crippen molar-refractivity contribution in [3.63, 3.8) is 0 Å². The van der Waals surface area contributed by atoms with Gasteiger partial charge in [-0.05, 0) is 30.2 Å². The molecule has 0 saturated heterocycles. The summed E-state index contributed by atoms with van der Waals surface area (Å²) in [4.78, 5) is 12.3. The van der Waals surface area contributed by atoms with E-state index in [0.29, 0.717) is 5.56 Å². The van der Waals surface area contributed by atoms with Crippen molar-refractivity contribution in [2.45, 2.75) is 6.92 Å². The van der Waals surface area contributed by atoms with E-state index in [1.807, 2.05) is 13.0 Å². The summed E-state index contributed by atoms with van der Waals surface area (Å²) in [6.07, 6.45) is 0. The fourth-order valence-electron chi connectivity index (χ4n) is 1.64. The number of hydrogen-bond donors (Lipinski definition) is 0. The number of carbonyl (C=O) groups is 1. The molecule has 17 heavy (non-hydrogen) atoms. The van der Waals surface area contributed by atoms with Crippen LogP contribution in [0.1, 0.15) is 15.9 Å². The Bertz CT molecular complexity index is 560. The lowest BCUT2D eigenvalue weighted by Crippen LogP contribution is -2.01. The number of esters is 1. The van der Waals surface area contributed by atoms with Crippen LogP contribution in [0.15, 0.2) is 29.6 Å². The molecule has 1 heterocycles. The van der Waals surface area contributed by atoms with Gasteiger partial charge in [-0.25, -0.2) is 9.18 Å². The first-order chi connectivity index (χ1) is 8.13. The topological polar surface area (TPSA) is 26.3 Å². The minimum Gasteiger partial charge on any atom is -0.465 e. The van der Waals surface area contributed by atoms with E-state index in [4.69, 9.17) is 0 Å². The van der Waals surface area contributed by atoms with Crippen molar-refractivity contribution in [1.29, 1.82) is 0 Å². The summed E-state index contributed by atoms with van der Waals surface area (Å²) < 4.78 is 17.8. The third-order valence-electron chi connectivity index (χ3n) is 2.53. The second kappa shape index (κ2) is 4.67. The lowest BCUT2D eigenvalue weighted by atomic mass is 10.1. The molecule has 0 fully saturated rings. The van der Waals surface area contributed by atoms with Crippen molar-refractivity contribution in [2.75, 3.05) is 7.11 Å². The number of carbonyl (C=O) groups excluding carboxylic acids is 1. The average Bonchev–Trinajstić information content (AvgIpc) is 2.70. The highest BCUT2D eigenvalue weighted by atomic mass is 32.1. The smallest absolute Gasteiger partial charge is 0.338 e. The lowest BCUT2D eigenvalue weighted by molar-refractivity contribution is 0.0600. The minimum atomic E-state index is -0.360. The fourth-order valence-corrected chi connectivity index (χ4v) is 2.70. The molecule has 0 N–H and O–H groups in total. The minimum absolute atomic E-state index is 0.282. The Morgan fingerprint density at radius 1 is 1.41 bits per heavy atom. The molecule has 0 spiro atoms. The molecular formula is C13H11FO2S. The number of benzene rings is 1. The van der Waals surface area contributed by atoms with Gasteiger partial charge in [0.1, 0.15) is 5.82 Å². The number of rotatable bonds is 2. The molecule has 2 nitrogen and oxygen atoms in total. The molecular weight excluding hydrogens is 239 g/mol. The maximum absolute atomic E-state index is 13.1. The number of halogens is 1. The molecule has 0 radical (unpaired) electrons. The standard InChI is InChI=1S/C13H11FO2S/c1-8-11(13(15)16-2)7-17-12(8)9-4-3-5-10(14)6-9/h3-7H,1-2H3. The summed E-state index contributed by atoms with van der Waals surface area (Å²) in [7, 11) is 1.35. The maximum Gasteiger partial charge on any atom is 0.338 e. The summed E-state index contributed by atoms with van der Waals surface area (Å²) in [5.74, 6) is -0.642. The summed E-state index contributed by atoms with van der Waals surface area (Å²) in [5.41, 5.74) is 2.15. The Morgan fingerprint density at radius 2 is 2.18 bits per heavy atom. The van der Waals surface area contributed by atoms with Crippen LogP contribution in [0.25, 0.3) is 10.4 Å². The van der Waals surface area contributed by atoms with Crippen LogP contribution in [0.3, 0.4) is 0 Å². The third-order valence-corrected chi connectivity index (χ3v) is 3.66. The van der Waals surface area contributed by atoms with Crippen LogP contribution < -0.4 is 0 Å². The van der Waals surface area contributed by atoms with Gasteiger partial charge >= 0.3 is 5.97 Å². The zero-order chi connectivity index (χ0) is 12.4. The molecule has 4 heteroatoms. The van der Waals surface area contributed by atoms with E-state index in [2.05, 4.69) is 4.74 Å². The SMILES string of the molecule is COC(=O)c1csc(-c2cccc(F)c2)c1C. The fraction of sp³-hybridized carbons (Fsp3) is 0.154. The molecule has 0 unspecified atom stereocenters. The molecule has 0 amide bonds. The van der Waals surface area contributed by atoms with Crippen LogP contribution in [0, 0.1) is 12.7 Å². The predicted molar refractivity (Wildman–Crippen MR) is 65.8 cm³/mol. The number of hydrogen-bond acceptors (Lipinski definition) is 3. The van der Waals surface area contributed by atoms with E-state index in [9.17, 15) is 9.18 Å². The van der Waals surface area contributed by atoms with E-state index in [-0.39, 0.29) is 11.8 Å². The Morgan fingerprint density at radius 3 is 2.82 bits per heavy atom. The van der Waals surface area contributed by atoms with E-state index in [1.165, 1.54) is 30.6 Å². The van der Waals surface area contributed by atoms with Gasteiger partial charge < -0.3 is 4.74 Å². The normalized spacial score (nSPS) is 10.3. The van der Waals surface area contributed by atoms with Crippen molar-refractivity contribution >= 4 is 17.3 Å². The van der Waals surface area contributed by atoms with Gasteiger partial charge in [-0.15, -0.1) is 11.3 Å². The first kappa shape index (κ1) is 11.8. The van der Waals surface area contributed by atoms with Gasteiger partial charge in [-0.1, -0.05) is 12.1 Å². The number of methoxy groups -OCH3 is 1. The van der Waals surface area contributed by atoms with Crippen molar-refractivity contribution < 1.29 is 13.9 Å². The Hall–Kier alpha value is -1.68. The molecule has 0 aliphatic carbocycles. The van der Waals surface area contributed by atoms with Crippen molar-refractivity contribution in [3.05, 3.63) is 46.6 Å². The van der Waals surface area contributed by atoms with E-state index >= 15 is 0 Å². The lowest BCUT2D eigenvalue weighted by Gasteiger charge is -2.01. The summed E-state index contributed by atoms with van der Waals surface area (Å²) >= 11 is 1.41. The summed E-state index contributed by atoms with van der Waals surface area (Å²) in [5, 5.41) is 1.74. The molecule has 1 aromatic carbocycles. The van der Waals surface area contributed by atoms with Gasteiger partial charge in [-0.3, -0.25) is 0 Å². The van der Waals surface area contributed by atoms with Crippen LogP contribution in [-0.4, -0.2) is 13.1 Å². The molecule has 0 aliphatic heterocycles. The van der Waals surface area contributed by atoms with Gasteiger partial charge in [0.25, 0.3) is 0 Å². The first-order valence-electron chi connectivity index (χ1n) is 5.06. The predicted octanol–water partition coefficient (Wildman–Crippen LogP) is 3.65. The van der Waals surface area contributed by atoms with E-state index in [0.717, 1.165) is 16.0 Å². The highest BCUT2D eigenvalue weighted by molar-refractivity contribution is 7.14. The maximum atomic E-state index is 13.1.